The molecule has 20 heavy (non-hydrogen) atoms. The molecule has 0 unspecified atom stereocenters. The highest BCUT2D eigenvalue weighted by molar-refractivity contribution is 6.30. The number of hydrogen-bond acceptors (Lipinski definition) is 2. The summed E-state index contributed by atoms with van der Waals surface area (Å²) in [5, 5.41) is 6.12. The average Bonchev–Trinajstić information content (AvgIpc) is 2.36. The van der Waals surface area contributed by atoms with Crippen LogP contribution in [0.5, 0.6) is 0 Å². The molecule has 0 aromatic heterocycles. The Bertz CT molecular complexity index is 461. The molecule has 1 aromatic rings. The third kappa shape index (κ3) is 7.14. The maximum Gasteiger partial charge on any atom is 0.229 e. The van der Waals surface area contributed by atoms with E-state index in [9.17, 15) is 9.59 Å². The van der Waals surface area contributed by atoms with Gasteiger partial charge in [0.25, 0.3) is 0 Å². The summed E-state index contributed by atoms with van der Waals surface area (Å²) >= 11 is 5.88. The van der Waals surface area contributed by atoms with Gasteiger partial charge in [-0.15, -0.1) is 0 Å². The smallest absolute Gasteiger partial charge is 0.229 e. The molecule has 0 saturated carbocycles. The number of rotatable bonds is 7. The fourth-order valence-electron chi connectivity index (χ4n) is 1.63. The van der Waals surface area contributed by atoms with Crippen LogP contribution in [-0.4, -0.2) is 24.9 Å². The van der Waals surface area contributed by atoms with E-state index >= 15 is 0 Å². The average molecular weight is 297 g/mol. The molecule has 5 heteroatoms. The van der Waals surface area contributed by atoms with Crippen LogP contribution in [0, 0.1) is 5.92 Å². The number of halogens is 1. The fraction of sp³-hybridized carbons (Fsp3) is 0.467. The fourth-order valence-corrected chi connectivity index (χ4v) is 1.84. The van der Waals surface area contributed by atoms with Crippen molar-refractivity contribution in [2.45, 2.75) is 26.7 Å². The van der Waals surface area contributed by atoms with Crippen molar-refractivity contribution in [2.24, 2.45) is 5.92 Å². The lowest BCUT2D eigenvalue weighted by atomic mass is 10.1. The predicted octanol–water partition coefficient (Wildman–Crippen LogP) is 2.16. The van der Waals surface area contributed by atoms with Gasteiger partial charge < -0.3 is 10.6 Å². The Morgan fingerprint density at radius 2 is 1.90 bits per heavy atom. The van der Waals surface area contributed by atoms with Crippen molar-refractivity contribution in [1.29, 1.82) is 0 Å². The molecule has 0 aliphatic heterocycles. The molecule has 0 fully saturated rings. The molecule has 0 atom stereocenters. The van der Waals surface area contributed by atoms with E-state index in [2.05, 4.69) is 10.6 Å². The monoisotopic (exact) mass is 296 g/mol. The van der Waals surface area contributed by atoms with Gasteiger partial charge in [0.05, 0.1) is 0 Å². The Kier molecular flexibility index (Phi) is 7.09. The molecule has 4 nitrogen and oxygen atoms in total. The third-order valence-corrected chi connectivity index (χ3v) is 2.89. The lowest BCUT2D eigenvalue weighted by molar-refractivity contribution is -0.129. The van der Waals surface area contributed by atoms with Crippen LogP contribution in [0.15, 0.2) is 24.3 Å². The van der Waals surface area contributed by atoms with Crippen molar-refractivity contribution < 1.29 is 9.59 Å². The van der Waals surface area contributed by atoms with Gasteiger partial charge in [-0.25, -0.2) is 0 Å². The predicted molar refractivity (Wildman–Crippen MR) is 80.6 cm³/mol. The lowest BCUT2D eigenvalue weighted by Crippen LogP contribution is -2.34. The zero-order valence-electron chi connectivity index (χ0n) is 11.9. The summed E-state index contributed by atoms with van der Waals surface area (Å²) in [4.78, 5) is 23.0. The minimum absolute atomic E-state index is 0.123. The summed E-state index contributed by atoms with van der Waals surface area (Å²) < 4.78 is 0. The van der Waals surface area contributed by atoms with Crippen molar-refractivity contribution in [3.8, 4) is 0 Å². The Labute approximate surface area is 124 Å². The molecular weight excluding hydrogens is 276 g/mol. The van der Waals surface area contributed by atoms with Gasteiger partial charge in [0.1, 0.15) is 6.42 Å². The zero-order chi connectivity index (χ0) is 15.0. The molecule has 0 bridgehead atoms. The number of carbonyl (C=O) groups excluding carboxylic acids is 2. The van der Waals surface area contributed by atoms with E-state index in [1.165, 1.54) is 0 Å². The van der Waals surface area contributed by atoms with Gasteiger partial charge in [-0.2, -0.15) is 0 Å². The molecule has 1 rings (SSSR count). The number of amides is 2. The van der Waals surface area contributed by atoms with Crippen molar-refractivity contribution >= 4 is 23.4 Å². The van der Waals surface area contributed by atoms with Crippen LogP contribution >= 0.6 is 11.6 Å². The van der Waals surface area contributed by atoms with Crippen LogP contribution in [-0.2, 0) is 16.0 Å². The van der Waals surface area contributed by atoms with Crippen LogP contribution in [0.3, 0.4) is 0 Å². The van der Waals surface area contributed by atoms with Crippen LogP contribution in [0.1, 0.15) is 25.8 Å². The SMILES string of the molecule is CC(C)CNC(=O)CC(=O)NCCc1cccc(Cl)c1. The highest BCUT2D eigenvalue weighted by atomic mass is 35.5. The van der Waals surface area contributed by atoms with E-state index in [1.54, 1.807) is 0 Å². The maximum absolute atomic E-state index is 11.6. The highest BCUT2D eigenvalue weighted by Crippen LogP contribution is 2.10. The van der Waals surface area contributed by atoms with Crippen molar-refractivity contribution in [3.63, 3.8) is 0 Å². The highest BCUT2D eigenvalue weighted by Gasteiger charge is 2.08. The summed E-state index contributed by atoms with van der Waals surface area (Å²) in [7, 11) is 0. The molecule has 110 valence electrons. The number of nitrogens with one attached hydrogen (secondary N) is 2. The van der Waals surface area contributed by atoms with E-state index in [1.807, 2.05) is 38.1 Å². The molecule has 0 spiro atoms. The first kappa shape index (κ1) is 16.5. The molecule has 2 amide bonds. The largest absolute Gasteiger partial charge is 0.355 e. The first-order chi connectivity index (χ1) is 9.47. The molecule has 0 aliphatic rings. The second kappa shape index (κ2) is 8.59. The van der Waals surface area contributed by atoms with Crippen molar-refractivity contribution in [1.82, 2.24) is 10.6 Å². The summed E-state index contributed by atoms with van der Waals surface area (Å²) in [5.41, 5.74) is 1.06. The Morgan fingerprint density at radius 1 is 1.20 bits per heavy atom. The topological polar surface area (TPSA) is 58.2 Å². The minimum Gasteiger partial charge on any atom is -0.355 e. The minimum atomic E-state index is -0.256. The molecule has 0 aliphatic carbocycles. The first-order valence-corrected chi connectivity index (χ1v) is 7.13. The lowest BCUT2D eigenvalue weighted by Gasteiger charge is -2.08. The van der Waals surface area contributed by atoms with E-state index in [4.69, 9.17) is 11.6 Å². The van der Waals surface area contributed by atoms with E-state index < -0.39 is 0 Å². The molecular formula is C15H21ClN2O2. The number of benzene rings is 1. The molecule has 0 saturated heterocycles. The zero-order valence-corrected chi connectivity index (χ0v) is 12.7. The summed E-state index contributed by atoms with van der Waals surface area (Å²) in [6.45, 7) is 5.10. The van der Waals surface area contributed by atoms with Crippen LogP contribution in [0.2, 0.25) is 5.02 Å². The third-order valence-electron chi connectivity index (χ3n) is 2.65. The van der Waals surface area contributed by atoms with Gasteiger partial charge in [-0.1, -0.05) is 37.6 Å². The summed E-state index contributed by atoms with van der Waals surface area (Å²) in [5.74, 6) is -0.114. The summed E-state index contributed by atoms with van der Waals surface area (Å²) in [6, 6.07) is 7.50. The van der Waals surface area contributed by atoms with Gasteiger partial charge in [0, 0.05) is 18.1 Å². The normalized spacial score (nSPS) is 10.4. The number of hydrogen-bond donors (Lipinski definition) is 2. The number of carbonyl (C=O) groups is 2. The molecule has 0 radical (unpaired) electrons. The van der Waals surface area contributed by atoms with Crippen LogP contribution < -0.4 is 10.6 Å². The Morgan fingerprint density at radius 3 is 2.55 bits per heavy atom. The second-order valence-corrected chi connectivity index (χ2v) is 5.54. The van der Waals surface area contributed by atoms with Crippen LogP contribution in [0.4, 0.5) is 0 Å². The molecule has 2 N–H and O–H groups in total. The Balaban J connectivity index is 2.21. The van der Waals surface area contributed by atoms with E-state index in [0.29, 0.717) is 30.5 Å². The van der Waals surface area contributed by atoms with Crippen LogP contribution in [0.25, 0.3) is 0 Å². The quantitative estimate of drug-likeness (QED) is 0.758. The van der Waals surface area contributed by atoms with Gasteiger partial charge >= 0.3 is 0 Å². The van der Waals surface area contributed by atoms with E-state index in [-0.39, 0.29) is 18.2 Å². The maximum atomic E-state index is 11.6. The molecule has 1 aromatic carbocycles. The van der Waals surface area contributed by atoms with Gasteiger partial charge in [0.15, 0.2) is 0 Å². The summed E-state index contributed by atoms with van der Waals surface area (Å²) in [6.07, 6.45) is 0.572. The second-order valence-electron chi connectivity index (χ2n) is 5.10. The first-order valence-electron chi connectivity index (χ1n) is 6.75. The standard InChI is InChI=1S/C15H21ClN2O2/c1-11(2)10-18-15(20)9-14(19)17-7-6-12-4-3-5-13(16)8-12/h3-5,8,11H,6-7,9-10H2,1-2H3,(H,17,19)(H,18,20). The molecule has 0 heterocycles. The van der Waals surface area contributed by atoms with Crippen molar-refractivity contribution in [3.05, 3.63) is 34.9 Å². The van der Waals surface area contributed by atoms with Gasteiger partial charge in [-0.3, -0.25) is 9.59 Å². The van der Waals surface area contributed by atoms with Crippen molar-refractivity contribution in [2.75, 3.05) is 13.1 Å². The van der Waals surface area contributed by atoms with Gasteiger partial charge in [-0.05, 0) is 30.0 Å². The van der Waals surface area contributed by atoms with E-state index in [0.717, 1.165) is 5.56 Å². The van der Waals surface area contributed by atoms with Gasteiger partial charge in [0.2, 0.25) is 11.8 Å². The Hall–Kier alpha value is -1.55.